The van der Waals surface area contributed by atoms with Crippen LogP contribution in [0, 0.1) is 11.6 Å². The van der Waals surface area contributed by atoms with Crippen LogP contribution >= 0.6 is 0 Å². The number of halogens is 2. The lowest BCUT2D eigenvalue weighted by molar-refractivity contribution is 0.226. The fourth-order valence-corrected chi connectivity index (χ4v) is 2.47. The van der Waals surface area contributed by atoms with Gasteiger partial charge in [-0.25, -0.2) is 8.78 Å². The molecule has 1 aliphatic rings. The quantitative estimate of drug-likeness (QED) is 0.892. The van der Waals surface area contributed by atoms with E-state index in [9.17, 15) is 8.78 Å². The van der Waals surface area contributed by atoms with Gasteiger partial charge in [-0.15, -0.1) is 0 Å². The molecular weight excluding hydrogens is 234 g/mol. The van der Waals surface area contributed by atoms with Gasteiger partial charge < -0.3 is 10.2 Å². The van der Waals surface area contributed by atoms with Crippen molar-refractivity contribution < 1.29 is 8.78 Å². The molecular formula is C14H20F2N2. The number of nitrogens with zero attached hydrogens (tertiary/aromatic N) is 1. The largest absolute Gasteiger partial charge is 0.307 e. The molecule has 1 N–H and O–H groups in total. The maximum atomic E-state index is 13.6. The predicted octanol–water partition coefficient (Wildman–Crippen LogP) is 2.71. The molecule has 1 saturated heterocycles. The molecule has 2 rings (SSSR count). The number of likely N-dealkylation sites (tertiary alicyclic amines) is 1. The van der Waals surface area contributed by atoms with E-state index < -0.39 is 11.6 Å². The number of benzene rings is 1. The van der Waals surface area contributed by atoms with Gasteiger partial charge in [0.2, 0.25) is 0 Å². The van der Waals surface area contributed by atoms with E-state index in [0.29, 0.717) is 11.6 Å². The monoisotopic (exact) mass is 254 g/mol. The Hall–Kier alpha value is -1.00. The third-order valence-corrected chi connectivity index (χ3v) is 3.65. The molecule has 2 nitrogen and oxygen atoms in total. The minimum absolute atomic E-state index is 0.158. The van der Waals surface area contributed by atoms with Crippen molar-refractivity contribution in [2.45, 2.75) is 31.8 Å². The summed E-state index contributed by atoms with van der Waals surface area (Å²) < 4.78 is 26.8. The highest BCUT2D eigenvalue weighted by Gasteiger charge is 2.20. The first kappa shape index (κ1) is 13.4. The Morgan fingerprint density at radius 2 is 1.94 bits per heavy atom. The average molecular weight is 254 g/mol. The molecule has 0 aromatic heterocycles. The van der Waals surface area contributed by atoms with Crippen LogP contribution in [0.5, 0.6) is 0 Å². The number of rotatable bonds is 3. The summed E-state index contributed by atoms with van der Waals surface area (Å²) in [6, 6.07) is 4.58. The van der Waals surface area contributed by atoms with Gasteiger partial charge in [0.1, 0.15) is 0 Å². The Morgan fingerprint density at radius 1 is 1.28 bits per heavy atom. The molecule has 4 heteroatoms. The summed E-state index contributed by atoms with van der Waals surface area (Å²) in [5, 5.41) is 3.39. The first-order valence-electron chi connectivity index (χ1n) is 6.46. The molecule has 0 radical (unpaired) electrons. The normalized spacial score (nSPS) is 20.0. The van der Waals surface area contributed by atoms with E-state index >= 15 is 0 Å². The molecule has 1 fully saturated rings. The maximum Gasteiger partial charge on any atom is 0.163 e. The Labute approximate surface area is 107 Å². The summed E-state index contributed by atoms with van der Waals surface area (Å²) in [6.07, 6.45) is 2.11. The Kier molecular flexibility index (Phi) is 4.30. The van der Waals surface area contributed by atoms with Crippen LogP contribution < -0.4 is 5.32 Å². The molecule has 1 aromatic carbocycles. The predicted molar refractivity (Wildman–Crippen MR) is 68.4 cm³/mol. The minimum Gasteiger partial charge on any atom is -0.307 e. The summed E-state index contributed by atoms with van der Waals surface area (Å²) in [7, 11) is 2.10. The third kappa shape index (κ3) is 3.06. The Morgan fingerprint density at radius 3 is 2.61 bits per heavy atom. The van der Waals surface area contributed by atoms with Crippen molar-refractivity contribution in [2.24, 2.45) is 0 Å². The molecule has 0 spiro atoms. The van der Waals surface area contributed by atoms with Crippen molar-refractivity contribution in [1.82, 2.24) is 10.2 Å². The van der Waals surface area contributed by atoms with Crippen LogP contribution in [0.4, 0.5) is 8.78 Å². The molecule has 1 unspecified atom stereocenters. The lowest BCUT2D eigenvalue weighted by atomic mass is 10.0. The highest BCUT2D eigenvalue weighted by Crippen LogP contribution is 2.21. The minimum atomic E-state index is -0.774. The molecule has 1 aliphatic heterocycles. The van der Waals surface area contributed by atoms with Crippen molar-refractivity contribution in [2.75, 3.05) is 20.1 Å². The van der Waals surface area contributed by atoms with Gasteiger partial charge in [-0.1, -0.05) is 12.1 Å². The van der Waals surface area contributed by atoms with Crippen LogP contribution in [-0.4, -0.2) is 31.1 Å². The first-order chi connectivity index (χ1) is 8.58. The van der Waals surface area contributed by atoms with Crippen LogP contribution in [0.3, 0.4) is 0 Å². The second kappa shape index (κ2) is 5.76. The lowest BCUT2D eigenvalue weighted by Gasteiger charge is -2.31. The second-order valence-corrected chi connectivity index (χ2v) is 5.11. The highest BCUT2D eigenvalue weighted by molar-refractivity contribution is 5.22. The van der Waals surface area contributed by atoms with E-state index in [1.165, 1.54) is 0 Å². The molecule has 1 heterocycles. The zero-order valence-electron chi connectivity index (χ0n) is 10.9. The van der Waals surface area contributed by atoms with Crippen LogP contribution in [0.2, 0.25) is 0 Å². The fraction of sp³-hybridized carbons (Fsp3) is 0.571. The van der Waals surface area contributed by atoms with Crippen molar-refractivity contribution >= 4 is 0 Å². The van der Waals surface area contributed by atoms with Crippen molar-refractivity contribution in [3.63, 3.8) is 0 Å². The molecule has 100 valence electrons. The van der Waals surface area contributed by atoms with E-state index in [1.54, 1.807) is 12.1 Å². The van der Waals surface area contributed by atoms with Gasteiger partial charge in [-0.05, 0) is 46.0 Å². The Balaban J connectivity index is 1.99. The molecule has 0 bridgehead atoms. The van der Waals surface area contributed by atoms with E-state index in [0.717, 1.165) is 32.0 Å². The fourth-order valence-electron chi connectivity index (χ4n) is 2.47. The van der Waals surface area contributed by atoms with Crippen molar-refractivity contribution in [1.29, 1.82) is 0 Å². The zero-order valence-corrected chi connectivity index (χ0v) is 10.9. The third-order valence-electron chi connectivity index (χ3n) is 3.65. The van der Waals surface area contributed by atoms with E-state index in [2.05, 4.69) is 17.3 Å². The zero-order chi connectivity index (χ0) is 13.1. The number of hydrogen-bond donors (Lipinski definition) is 1. The van der Waals surface area contributed by atoms with Crippen LogP contribution in [-0.2, 0) is 0 Å². The summed E-state index contributed by atoms with van der Waals surface area (Å²) in [5.41, 5.74) is 0.411. The molecule has 1 atom stereocenters. The molecule has 0 saturated carbocycles. The summed E-state index contributed by atoms with van der Waals surface area (Å²) in [4.78, 5) is 2.28. The van der Waals surface area contributed by atoms with Gasteiger partial charge in [0.15, 0.2) is 11.6 Å². The second-order valence-electron chi connectivity index (χ2n) is 5.11. The van der Waals surface area contributed by atoms with Gasteiger partial charge in [-0.3, -0.25) is 0 Å². The number of hydrogen-bond acceptors (Lipinski definition) is 2. The number of piperidine rings is 1. The van der Waals surface area contributed by atoms with Crippen LogP contribution in [0.25, 0.3) is 0 Å². The summed E-state index contributed by atoms with van der Waals surface area (Å²) in [5.74, 6) is -1.50. The topological polar surface area (TPSA) is 15.3 Å². The SMILES string of the molecule is CC(NC1CCN(C)CC1)c1cccc(F)c1F. The van der Waals surface area contributed by atoms with Gasteiger partial charge in [0.05, 0.1) is 0 Å². The highest BCUT2D eigenvalue weighted by atomic mass is 19.2. The van der Waals surface area contributed by atoms with Crippen molar-refractivity contribution in [3.05, 3.63) is 35.4 Å². The molecule has 0 aliphatic carbocycles. The molecule has 1 aromatic rings. The van der Waals surface area contributed by atoms with Gasteiger partial charge >= 0.3 is 0 Å². The lowest BCUT2D eigenvalue weighted by Crippen LogP contribution is -2.41. The summed E-state index contributed by atoms with van der Waals surface area (Å²) in [6.45, 7) is 3.99. The summed E-state index contributed by atoms with van der Waals surface area (Å²) >= 11 is 0. The van der Waals surface area contributed by atoms with E-state index in [1.807, 2.05) is 6.92 Å². The van der Waals surface area contributed by atoms with Crippen LogP contribution in [0.1, 0.15) is 31.4 Å². The number of nitrogens with one attached hydrogen (secondary N) is 1. The van der Waals surface area contributed by atoms with Gasteiger partial charge in [0.25, 0.3) is 0 Å². The van der Waals surface area contributed by atoms with Crippen molar-refractivity contribution in [3.8, 4) is 0 Å². The van der Waals surface area contributed by atoms with E-state index in [-0.39, 0.29) is 6.04 Å². The first-order valence-corrected chi connectivity index (χ1v) is 6.46. The van der Waals surface area contributed by atoms with Crippen LogP contribution in [0.15, 0.2) is 18.2 Å². The van der Waals surface area contributed by atoms with Gasteiger partial charge in [0, 0.05) is 17.6 Å². The standard InChI is InChI=1S/C14H20F2N2/c1-10(12-4-3-5-13(15)14(12)16)17-11-6-8-18(2)9-7-11/h3-5,10-11,17H,6-9H2,1-2H3. The molecule has 0 amide bonds. The van der Waals surface area contributed by atoms with Gasteiger partial charge in [-0.2, -0.15) is 0 Å². The maximum absolute atomic E-state index is 13.6. The van der Waals surface area contributed by atoms with E-state index in [4.69, 9.17) is 0 Å². The average Bonchev–Trinajstić information content (AvgIpc) is 2.35. The smallest absolute Gasteiger partial charge is 0.163 e. The molecule has 18 heavy (non-hydrogen) atoms. The Bertz CT molecular complexity index is 401.